The second-order valence-corrected chi connectivity index (χ2v) is 8.01. The van der Waals surface area contributed by atoms with Gasteiger partial charge in [-0.2, -0.15) is 9.61 Å². The molecule has 1 N–H and O–H groups in total. The molecule has 0 unspecified atom stereocenters. The number of benzene rings is 1. The van der Waals surface area contributed by atoms with Crippen molar-refractivity contribution in [2.45, 2.75) is 26.7 Å². The Morgan fingerprint density at radius 1 is 1.06 bits per heavy atom. The summed E-state index contributed by atoms with van der Waals surface area (Å²) in [6.45, 7) is 9.89. The Morgan fingerprint density at radius 3 is 2.44 bits per heavy atom. The van der Waals surface area contributed by atoms with Crippen molar-refractivity contribution in [3.8, 4) is 22.8 Å². The van der Waals surface area contributed by atoms with Crippen molar-refractivity contribution in [1.82, 2.24) is 19.5 Å². The third kappa shape index (κ3) is 4.81. The molecule has 8 heteroatoms. The fourth-order valence-corrected chi connectivity index (χ4v) is 4.19. The third-order valence-corrected chi connectivity index (χ3v) is 5.96. The number of hydrogen-bond acceptors (Lipinski definition) is 7. The van der Waals surface area contributed by atoms with Gasteiger partial charge in [-0.1, -0.05) is 6.92 Å². The van der Waals surface area contributed by atoms with E-state index in [4.69, 9.17) is 24.3 Å². The van der Waals surface area contributed by atoms with E-state index in [2.05, 4.69) is 24.1 Å². The van der Waals surface area contributed by atoms with Crippen LogP contribution in [0.3, 0.4) is 0 Å². The molecule has 4 rings (SSSR count). The van der Waals surface area contributed by atoms with Gasteiger partial charge in [-0.3, -0.25) is 4.90 Å². The summed E-state index contributed by atoms with van der Waals surface area (Å²) in [6, 6.07) is 7.80. The Balaban J connectivity index is 1.61. The lowest BCUT2D eigenvalue weighted by atomic mass is 10.1. The largest absolute Gasteiger partial charge is 0.497 e. The van der Waals surface area contributed by atoms with E-state index >= 15 is 0 Å². The van der Waals surface area contributed by atoms with Crippen LogP contribution in [0.1, 0.15) is 24.6 Å². The lowest BCUT2D eigenvalue weighted by Crippen LogP contribution is -2.37. The maximum absolute atomic E-state index is 5.44. The van der Waals surface area contributed by atoms with Crippen molar-refractivity contribution >= 4 is 11.5 Å². The van der Waals surface area contributed by atoms with Crippen LogP contribution >= 0.6 is 0 Å². The van der Waals surface area contributed by atoms with Crippen LogP contribution in [-0.2, 0) is 11.2 Å². The number of rotatable bonds is 9. The summed E-state index contributed by atoms with van der Waals surface area (Å²) in [6.07, 6.45) is 1.95. The number of aryl methyl sites for hydroxylation is 1. The van der Waals surface area contributed by atoms with Crippen molar-refractivity contribution in [3.63, 3.8) is 0 Å². The van der Waals surface area contributed by atoms with Crippen LogP contribution in [0.5, 0.6) is 11.5 Å². The van der Waals surface area contributed by atoms with Gasteiger partial charge in [-0.05, 0) is 38.4 Å². The molecule has 172 valence electrons. The molecule has 0 atom stereocenters. The first kappa shape index (κ1) is 22.4. The zero-order valence-corrected chi connectivity index (χ0v) is 19.5. The fourth-order valence-electron chi connectivity index (χ4n) is 4.19. The number of nitrogens with one attached hydrogen (secondary N) is 1. The normalized spacial score (nSPS) is 14.6. The van der Waals surface area contributed by atoms with Gasteiger partial charge >= 0.3 is 0 Å². The average Bonchev–Trinajstić information content (AvgIpc) is 3.25. The molecular formula is C24H33N5O3. The summed E-state index contributed by atoms with van der Waals surface area (Å²) in [7, 11) is 3.30. The van der Waals surface area contributed by atoms with E-state index in [9.17, 15) is 0 Å². The molecule has 0 aliphatic carbocycles. The molecule has 1 saturated heterocycles. The topological polar surface area (TPSA) is 73.2 Å². The standard InChI is InChI=1S/C24H33N5O3/c1-5-21-17(2)26-23-16-22(18-13-19(30-3)15-20(14-18)31-4)27-29(23)24(21)25-7-6-8-28-9-11-32-12-10-28/h13-16,25H,5-12H2,1-4H3. The van der Waals surface area contributed by atoms with E-state index in [1.54, 1.807) is 14.2 Å². The minimum Gasteiger partial charge on any atom is -0.497 e. The predicted molar refractivity (Wildman–Crippen MR) is 126 cm³/mol. The molecule has 2 aromatic heterocycles. The van der Waals surface area contributed by atoms with Crippen molar-refractivity contribution in [3.05, 3.63) is 35.5 Å². The lowest BCUT2D eigenvalue weighted by molar-refractivity contribution is 0.0378. The number of methoxy groups -OCH3 is 2. The molecule has 0 spiro atoms. The number of aromatic nitrogens is 3. The van der Waals surface area contributed by atoms with Gasteiger partial charge in [0.05, 0.1) is 33.1 Å². The number of ether oxygens (including phenoxy) is 3. The van der Waals surface area contributed by atoms with E-state index < -0.39 is 0 Å². The Morgan fingerprint density at radius 2 is 1.78 bits per heavy atom. The summed E-state index contributed by atoms with van der Waals surface area (Å²) in [5.41, 5.74) is 4.82. The molecule has 32 heavy (non-hydrogen) atoms. The first-order valence-electron chi connectivity index (χ1n) is 11.3. The number of fused-ring (bicyclic) bond motifs is 1. The van der Waals surface area contributed by atoms with E-state index in [0.717, 1.165) is 92.1 Å². The van der Waals surface area contributed by atoms with Crippen molar-refractivity contribution < 1.29 is 14.2 Å². The summed E-state index contributed by atoms with van der Waals surface area (Å²) in [5.74, 6) is 2.49. The Kier molecular flexibility index (Phi) is 7.12. The molecule has 0 amide bonds. The van der Waals surface area contributed by atoms with Crippen molar-refractivity contribution in [1.29, 1.82) is 0 Å². The maximum Gasteiger partial charge on any atom is 0.158 e. The van der Waals surface area contributed by atoms with Gasteiger partial charge in [0.2, 0.25) is 0 Å². The summed E-state index contributed by atoms with van der Waals surface area (Å²) in [4.78, 5) is 7.28. The molecule has 0 radical (unpaired) electrons. The first-order valence-corrected chi connectivity index (χ1v) is 11.3. The zero-order chi connectivity index (χ0) is 22.5. The Bertz CT molecular complexity index is 1040. The SMILES string of the molecule is CCc1c(C)nc2cc(-c3cc(OC)cc(OC)c3)nn2c1NCCCN1CCOCC1. The van der Waals surface area contributed by atoms with Gasteiger partial charge in [-0.15, -0.1) is 0 Å². The smallest absolute Gasteiger partial charge is 0.158 e. The molecule has 3 aromatic rings. The monoisotopic (exact) mass is 439 g/mol. The molecular weight excluding hydrogens is 406 g/mol. The Labute approximate surface area is 189 Å². The highest BCUT2D eigenvalue weighted by atomic mass is 16.5. The molecule has 1 fully saturated rings. The molecule has 0 saturated carbocycles. The predicted octanol–water partition coefficient (Wildman–Crippen LogP) is 3.42. The zero-order valence-electron chi connectivity index (χ0n) is 19.5. The molecule has 0 bridgehead atoms. The van der Waals surface area contributed by atoms with Crippen LogP contribution < -0.4 is 14.8 Å². The van der Waals surface area contributed by atoms with Crippen LogP contribution in [0, 0.1) is 6.92 Å². The first-order chi connectivity index (χ1) is 15.6. The number of nitrogens with zero attached hydrogens (tertiary/aromatic N) is 4. The van der Waals surface area contributed by atoms with E-state index in [-0.39, 0.29) is 0 Å². The van der Waals surface area contributed by atoms with E-state index in [1.165, 1.54) is 5.56 Å². The number of anilines is 1. The number of morpholine rings is 1. The second-order valence-electron chi connectivity index (χ2n) is 8.01. The summed E-state index contributed by atoms with van der Waals surface area (Å²) in [5, 5.41) is 8.56. The molecule has 8 nitrogen and oxygen atoms in total. The molecule has 3 heterocycles. The van der Waals surface area contributed by atoms with Crippen molar-refractivity contribution in [2.24, 2.45) is 0 Å². The van der Waals surface area contributed by atoms with Crippen LogP contribution in [0.4, 0.5) is 5.82 Å². The highest BCUT2D eigenvalue weighted by molar-refractivity contribution is 5.69. The van der Waals surface area contributed by atoms with Crippen molar-refractivity contribution in [2.75, 3.05) is 58.9 Å². The minimum atomic E-state index is 0.733. The van der Waals surface area contributed by atoms with Gasteiger partial charge in [0.15, 0.2) is 5.65 Å². The third-order valence-electron chi connectivity index (χ3n) is 5.96. The minimum absolute atomic E-state index is 0.733. The van der Waals surface area contributed by atoms with Crippen LogP contribution in [0.2, 0.25) is 0 Å². The van der Waals surface area contributed by atoms with Gasteiger partial charge in [0, 0.05) is 48.6 Å². The van der Waals surface area contributed by atoms with Crippen LogP contribution in [-0.4, -0.2) is 73.1 Å². The highest BCUT2D eigenvalue weighted by Crippen LogP contribution is 2.31. The molecule has 1 aliphatic heterocycles. The fraction of sp³-hybridized carbons (Fsp3) is 0.500. The van der Waals surface area contributed by atoms with E-state index in [0.29, 0.717) is 0 Å². The van der Waals surface area contributed by atoms with Gasteiger partial charge in [-0.25, -0.2) is 4.98 Å². The maximum atomic E-state index is 5.44. The molecule has 1 aromatic carbocycles. The summed E-state index contributed by atoms with van der Waals surface area (Å²) < 4.78 is 18.2. The Hall–Kier alpha value is -2.84. The summed E-state index contributed by atoms with van der Waals surface area (Å²) >= 11 is 0. The van der Waals surface area contributed by atoms with E-state index in [1.807, 2.05) is 28.8 Å². The highest BCUT2D eigenvalue weighted by Gasteiger charge is 2.16. The van der Waals surface area contributed by atoms with Crippen LogP contribution in [0.15, 0.2) is 24.3 Å². The lowest BCUT2D eigenvalue weighted by Gasteiger charge is -2.26. The second kappa shape index (κ2) is 10.2. The van der Waals surface area contributed by atoms with Crippen LogP contribution in [0.25, 0.3) is 16.9 Å². The van der Waals surface area contributed by atoms with Gasteiger partial charge in [0.25, 0.3) is 0 Å². The number of hydrogen-bond donors (Lipinski definition) is 1. The quantitative estimate of drug-likeness (QED) is 0.512. The van der Waals surface area contributed by atoms with Gasteiger partial charge < -0.3 is 19.5 Å². The molecule has 1 aliphatic rings. The average molecular weight is 440 g/mol. The van der Waals surface area contributed by atoms with Gasteiger partial charge in [0.1, 0.15) is 17.3 Å².